The zero-order chi connectivity index (χ0) is 17.6. The predicted molar refractivity (Wildman–Crippen MR) is 99.1 cm³/mol. The lowest BCUT2D eigenvalue weighted by Gasteiger charge is -2.28. The predicted octanol–water partition coefficient (Wildman–Crippen LogP) is 5.26. The molecule has 0 unspecified atom stereocenters. The van der Waals surface area contributed by atoms with Crippen LogP contribution < -0.4 is 0 Å². The van der Waals surface area contributed by atoms with E-state index < -0.39 is 0 Å². The number of benzene rings is 2. The van der Waals surface area contributed by atoms with Gasteiger partial charge in [-0.1, -0.05) is 62.2 Å². The third-order valence-corrected chi connectivity index (χ3v) is 5.16. The third-order valence-electron chi connectivity index (χ3n) is 5.16. The van der Waals surface area contributed by atoms with E-state index in [-0.39, 0.29) is 23.6 Å². The number of rotatable bonds is 7. The Kier molecular flexibility index (Phi) is 5.98. The monoisotopic (exact) mass is 339 g/mol. The van der Waals surface area contributed by atoms with Crippen LogP contribution in [-0.4, -0.2) is 23.8 Å². The van der Waals surface area contributed by atoms with E-state index in [1.54, 1.807) is 0 Å². The fourth-order valence-electron chi connectivity index (χ4n) is 3.87. The van der Waals surface area contributed by atoms with E-state index >= 15 is 0 Å². The van der Waals surface area contributed by atoms with Gasteiger partial charge in [-0.2, -0.15) is 0 Å². The van der Waals surface area contributed by atoms with Crippen LogP contribution in [-0.2, 0) is 0 Å². The maximum absolute atomic E-state index is 13.4. The minimum absolute atomic E-state index is 0.0464. The van der Waals surface area contributed by atoms with E-state index in [1.807, 2.05) is 42.5 Å². The van der Waals surface area contributed by atoms with Crippen molar-refractivity contribution in [2.45, 2.75) is 38.6 Å². The Hall–Kier alpha value is -2.00. The lowest BCUT2D eigenvalue weighted by atomic mass is 9.87. The zero-order valence-corrected chi connectivity index (χ0v) is 14.8. The van der Waals surface area contributed by atoms with Gasteiger partial charge in [0, 0.05) is 17.5 Å². The second-order valence-electron chi connectivity index (χ2n) is 6.86. The van der Waals surface area contributed by atoms with Crippen LogP contribution in [0.5, 0.6) is 0 Å². The molecule has 2 aromatic carbocycles. The van der Waals surface area contributed by atoms with Crippen molar-refractivity contribution in [2.24, 2.45) is 5.92 Å². The van der Waals surface area contributed by atoms with Crippen molar-refractivity contribution in [3.05, 3.63) is 71.5 Å². The highest BCUT2D eigenvalue weighted by Crippen LogP contribution is 2.39. The second kappa shape index (κ2) is 8.39. The summed E-state index contributed by atoms with van der Waals surface area (Å²) in [5, 5.41) is 0. The van der Waals surface area contributed by atoms with Gasteiger partial charge in [-0.25, -0.2) is 4.39 Å². The SMILES string of the molecule is CCCCCN1CC[C@H](C(=O)c2ccccc2)[C@@H]1c1ccc(F)cc1. The van der Waals surface area contributed by atoms with Crippen molar-refractivity contribution in [2.75, 3.05) is 13.1 Å². The fourth-order valence-corrected chi connectivity index (χ4v) is 3.87. The first-order valence-corrected chi connectivity index (χ1v) is 9.29. The molecule has 132 valence electrons. The van der Waals surface area contributed by atoms with Gasteiger partial charge in [0.15, 0.2) is 5.78 Å². The molecule has 0 spiro atoms. The molecule has 3 rings (SSSR count). The maximum Gasteiger partial charge on any atom is 0.167 e. The topological polar surface area (TPSA) is 20.3 Å². The van der Waals surface area contributed by atoms with Gasteiger partial charge >= 0.3 is 0 Å². The van der Waals surface area contributed by atoms with Gasteiger partial charge in [0.25, 0.3) is 0 Å². The minimum atomic E-state index is -0.231. The summed E-state index contributed by atoms with van der Waals surface area (Å²) in [5.41, 5.74) is 1.82. The van der Waals surface area contributed by atoms with Crippen LogP contribution in [0.4, 0.5) is 4.39 Å². The standard InChI is InChI=1S/C22H26FNO/c1-2-3-7-15-24-16-14-20(22(25)18-8-5-4-6-9-18)21(24)17-10-12-19(23)13-11-17/h4-6,8-13,20-21H,2-3,7,14-16H2,1H3/t20-,21-/m0/s1. The lowest BCUT2D eigenvalue weighted by Crippen LogP contribution is -2.29. The highest BCUT2D eigenvalue weighted by molar-refractivity contribution is 5.98. The summed E-state index contributed by atoms with van der Waals surface area (Å²) in [6.07, 6.45) is 4.38. The van der Waals surface area contributed by atoms with Crippen LogP contribution >= 0.6 is 0 Å². The number of hydrogen-bond donors (Lipinski definition) is 0. The lowest BCUT2D eigenvalue weighted by molar-refractivity contribution is 0.0881. The van der Waals surface area contributed by atoms with E-state index in [9.17, 15) is 9.18 Å². The summed E-state index contributed by atoms with van der Waals surface area (Å²) in [6.45, 7) is 4.12. The van der Waals surface area contributed by atoms with Crippen molar-refractivity contribution in [1.82, 2.24) is 4.90 Å². The number of halogens is 1. The van der Waals surface area contributed by atoms with Gasteiger partial charge in [-0.15, -0.1) is 0 Å². The Morgan fingerprint density at radius 3 is 2.48 bits per heavy atom. The summed E-state index contributed by atoms with van der Waals surface area (Å²) >= 11 is 0. The molecule has 1 heterocycles. The number of Topliss-reactive ketones (excluding diaryl/α,β-unsaturated/α-hetero) is 1. The summed E-state index contributed by atoms with van der Waals surface area (Å²) in [5.74, 6) is -0.0902. The van der Waals surface area contributed by atoms with Gasteiger partial charge in [0.1, 0.15) is 5.82 Å². The number of unbranched alkanes of at least 4 members (excludes halogenated alkanes) is 2. The van der Waals surface area contributed by atoms with E-state index in [2.05, 4.69) is 11.8 Å². The first kappa shape index (κ1) is 17.8. The normalized spacial score (nSPS) is 20.7. The van der Waals surface area contributed by atoms with Crippen molar-refractivity contribution in [3.8, 4) is 0 Å². The molecule has 0 aromatic heterocycles. The molecule has 0 N–H and O–H groups in total. The van der Waals surface area contributed by atoms with Crippen LogP contribution in [0.1, 0.15) is 54.6 Å². The number of carbonyl (C=O) groups is 1. The van der Waals surface area contributed by atoms with Crippen LogP contribution in [0.2, 0.25) is 0 Å². The summed E-state index contributed by atoms with van der Waals surface area (Å²) in [7, 11) is 0. The van der Waals surface area contributed by atoms with E-state index in [0.29, 0.717) is 0 Å². The number of ketones is 1. The Morgan fingerprint density at radius 2 is 1.80 bits per heavy atom. The molecule has 1 aliphatic heterocycles. The van der Waals surface area contributed by atoms with Gasteiger partial charge in [-0.05, 0) is 43.6 Å². The molecule has 3 heteroatoms. The molecule has 0 aliphatic carbocycles. The van der Waals surface area contributed by atoms with Gasteiger partial charge in [-0.3, -0.25) is 9.69 Å². The summed E-state index contributed by atoms with van der Waals surface area (Å²) in [6, 6.07) is 16.3. The molecule has 1 saturated heterocycles. The van der Waals surface area contributed by atoms with Crippen molar-refractivity contribution in [3.63, 3.8) is 0 Å². The largest absolute Gasteiger partial charge is 0.296 e. The molecule has 0 amide bonds. The molecule has 1 fully saturated rings. The Balaban J connectivity index is 1.85. The van der Waals surface area contributed by atoms with E-state index in [0.717, 1.165) is 37.1 Å². The molecular weight excluding hydrogens is 313 g/mol. The molecule has 0 radical (unpaired) electrons. The number of likely N-dealkylation sites (tertiary alicyclic amines) is 1. The van der Waals surface area contributed by atoms with Gasteiger partial charge < -0.3 is 0 Å². The highest BCUT2D eigenvalue weighted by atomic mass is 19.1. The molecule has 0 saturated carbocycles. The van der Waals surface area contributed by atoms with Crippen LogP contribution in [0, 0.1) is 11.7 Å². The number of hydrogen-bond acceptors (Lipinski definition) is 2. The quantitative estimate of drug-likeness (QED) is 0.506. The smallest absolute Gasteiger partial charge is 0.167 e. The molecular formula is C22H26FNO. The van der Waals surface area contributed by atoms with E-state index in [1.165, 1.54) is 25.0 Å². The average Bonchev–Trinajstić information content (AvgIpc) is 3.06. The van der Waals surface area contributed by atoms with Crippen molar-refractivity contribution >= 4 is 5.78 Å². The minimum Gasteiger partial charge on any atom is -0.296 e. The van der Waals surface area contributed by atoms with Gasteiger partial charge in [0.05, 0.1) is 0 Å². The number of carbonyl (C=O) groups excluding carboxylic acids is 1. The van der Waals surface area contributed by atoms with Gasteiger partial charge in [0.2, 0.25) is 0 Å². The molecule has 2 atom stereocenters. The molecule has 1 aliphatic rings. The first-order valence-electron chi connectivity index (χ1n) is 9.29. The Labute approximate surface area is 149 Å². The number of nitrogens with zero attached hydrogens (tertiary/aromatic N) is 1. The molecule has 2 aromatic rings. The van der Waals surface area contributed by atoms with E-state index in [4.69, 9.17) is 0 Å². The summed E-state index contributed by atoms with van der Waals surface area (Å²) in [4.78, 5) is 15.5. The van der Waals surface area contributed by atoms with Crippen molar-refractivity contribution in [1.29, 1.82) is 0 Å². The second-order valence-corrected chi connectivity index (χ2v) is 6.86. The van der Waals surface area contributed by atoms with Crippen LogP contribution in [0.3, 0.4) is 0 Å². The van der Waals surface area contributed by atoms with Crippen molar-refractivity contribution < 1.29 is 9.18 Å². The van der Waals surface area contributed by atoms with Crippen LogP contribution in [0.25, 0.3) is 0 Å². The average molecular weight is 339 g/mol. The third kappa shape index (κ3) is 4.16. The Morgan fingerprint density at radius 1 is 1.08 bits per heavy atom. The fraction of sp³-hybridized carbons (Fsp3) is 0.409. The van der Waals surface area contributed by atoms with Crippen LogP contribution in [0.15, 0.2) is 54.6 Å². The molecule has 0 bridgehead atoms. The molecule has 25 heavy (non-hydrogen) atoms. The Bertz CT molecular complexity index is 683. The first-order chi connectivity index (χ1) is 12.2. The zero-order valence-electron chi connectivity index (χ0n) is 14.8. The molecule has 2 nitrogen and oxygen atoms in total. The maximum atomic E-state index is 13.4. The summed E-state index contributed by atoms with van der Waals surface area (Å²) < 4.78 is 13.4. The highest BCUT2D eigenvalue weighted by Gasteiger charge is 2.39.